The molecule has 152 valence electrons. The number of carboxylic acids is 1. The zero-order valence-corrected chi connectivity index (χ0v) is 14.9. The summed E-state index contributed by atoms with van der Waals surface area (Å²) >= 11 is 0. The van der Waals surface area contributed by atoms with Crippen LogP contribution in [0, 0.1) is 0 Å². The average molecular weight is 387 g/mol. The van der Waals surface area contributed by atoms with Gasteiger partial charge in [-0.1, -0.05) is 0 Å². The van der Waals surface area contributed by atoms with Gasteiger partial charge in [-0.3, -0.25) is 19.2 Å². The van der Waals surface area contributed by atoms with Gasteiger partial charge in [0.1, 0.15) is 18.1 Å². The first kappa shape index (κ1) is 22.3. The van der Waals surface area contributed by atoms with Crippen molar-refractivity contribution in [2.45, 2.75) is 50.4 Å². The summed E-state index contributed by atoms with van der Waals surface area (Å²) in [6.45, 7) is 0.766. The minimum absolute atomic E-state index is 0.178. The molecule has 1 rings (SSSR count). The number of hydrogen-bond acceptors (Lipinski definition) is 7. The summed E-state index contributed by atoms with van der Waals surface area (Å²) in [6.07, 6.45) is 0.252. The molecule has 1 fully saturated rings. The van der Waals surface area contributed by atoms with Gasteiger partial charge in [0.25, 0.3) is 0 Å². The number of amides is 4. The Bertz CT molecular complexity index is 609. The van der Waals surface area contributed by atoms with E-state index in [1.807, 2.05) is 0 Å². The van der Waals surface area contributed by atoms with Crippen molar-refractivity contribution >= 4 is 29.6 Å². The number of primary amides is 1. The summed E-state index contributed by atoms with van der Waals surface area (Å²) < 4.78 is 0. The van der Waals surface area contributed by atoms with Gasteiger partial charge in [0.15, 0.2) is 0 Å². The zero-order valence-electron chi connectivity index (χ0n) is 14.9. The molecule has 4 atom stereocenters. The lowest BCUT2D eigenvalue weighted by Gasteiger charge is -2.29. The first-order valence-corrected chi connectivity index (χ1v) is 8.37. The van der Waals surface area contributed by atoms with E-state index < -0.39 is 66.8 Å². The normalized spacial score (nSPS) is 19.7. The second-order valence-corrected chi connectivity index (χ2v) is 6.29. The molecule has 0 aromatic heterocycles. The van der Waals surface area contributed by atoms with Crippen molar-refractivity contribution in [1.29, 1.82) is 0 Å². The number of carboxylic acid groups (broad SMARTS) is 1. The van der Waals surface area contributed by atoms with E-state index in [0.717, 1.165) is 4.90 Å². The number of nitrogens with zero attached hydrogens (tertiary/aromatic N) is 1. The summed E-state index contributed by atoms with van der Waals surface area (Å²) in [5, 5.41) is 22.4. The minimum atomic E-state index is -1.51. The number of rotatable bonds is 9. The summed E-state index contributed by atoms with van der Waals surface area (Å²) in [4.78, 5) is 60.2. The standard InChI is InChI=1S/C15H25N5O7/c1-7(16)12(23)18-8(5-11(17)22)14(25)20-4-2-3-10(20)13(24)19-9(6-21)15(26)27/h7-10,21H,2-6,16H2,1H3,(H2,17,22)(H,18,23)(H,19,24)(H,26,27). The van der Waals surface area contributed by atoms with Gasteiger partial charge >= 0.3 is 5.97 Å². The molecule has 0 aromatic rings. The van der Waals surface area contributed by atoms with Crippen LogP contribution in [0.1, 0.15) is 26.2 Å². The van der Waals surface area contributed by atoms with Crippen LogP contribution in [0.5, 0.6) is 0 Å². The third-order valence-corrected chi connectivity index (χ3v) is 4.07. The number of likely N-dealkylation sites (tertiary alicyclic amines) is 1. The predicted octanol–water partition coefficient (Wildman–Crippen LogP) is -3.75. The van der Waals surface area contributed by atoms with Crippen molar-refractivity contribution in [1.82, 2.24) is 15.5 Å². The van der Waals surface area contributed by atoms with E-state index >= 15 is 0 Å². The van der Waals surface area contributed by atoms with Crippen molar-refractivity contribution in [2.24, 2.45) is 11.5 Å². The number of carbonyl (C=O) groups is 5. The SMILES string of the molecule is CC(N)C(=O)NC(CC(N)=O)C(=O)N1CCCC1C(=O)NC(CO)C(=O)O. The van der Waals surface area contributed by atoms with E-state index in [2.05, 4.69) is 10.6 Å². The summed E-state index contributed by atoms with van der Waals surface area (Å²) in [5.74, 6) is -4.36. The Morgan fingerprint density at radius 1 is 1.19 bits per heavy atom. The maximum atomic E-state index is 12.8. The van der Waals surface area contributed by atoms with Crippen LogP contribution in [0.2, 0.25) is 0 Å². The van der Waals surface area contributed by atoms with E-state index in [-0.39, 0.29) is 13.0 Å². The summed E-state index contributed by atoms with van der Waals surface area (Å²) in [6, 6.07) is -4.71. The number of nitrogens with two attached hydrogens (primary N) is 2. The van der Waals surface area contributed by atoms with Crippen LogP contribution in [0.3, 0.4) is 0 Å². The van der Waals surface area contributed by atoms with Gasteiger partial charge < -0.3 is 37.2 Å². The summed E-state index contributed by atoms with van der Waals surface area (Å²) in [7, 11) is 0. The largest absolute Gasteiger partial charge is 0.480 e. The van der Waals surface area contributed by atoms with Crippen molar-refractivity contribution in [3.05, 3.63) is 0 Å². The molecule has 12 heteroatoms. The first-order chi connectivity index (χ1) is 12.6. The van der Waals surface area contributed by atoms with Crippen molar-refractivity contribution in [3.63, 3.8) is 0 Å². The molecule has 0 aliphatic carbocycles. The van der Waals surface area contributed by atoms with Crippen LogP contribution in [-0.4, -0.2) is 82.0 Å². The lowest BCUT2D eigenvalue weighted by Crippen LogP contribution is -2.57. The molecule has 1 saturated heterocycles. The maximum absolute atomic E-state index is 12.8. The molecule has 0 spiro atoms. The third-order valence-electron chi connectivity index (χ3n) is 4.07. The number of aliphatic hydroxyl groups excluding tert-OH is 1. The second kappa shape index (κ2) is 9.83. The van der Waals surface area contributed by atoms with Crippen LogP contribution in [-0.2, 0) is 24.0 Å². The Morgan fingerprint density at radius 2 is 1.81 bits per heavy atom. The highest BCUT2D eigenvalue weighted by Crippen LogP contribution is 2.19. The Balaban J connectivity index is 2.92. The molecule has 12 nitrogen and oxygen atoms in total. The van der Waals surface area contributed by atoms with Gasteiger partial charge in [-0.05, 0) is 19.8 Å². The number of carbonyl (C=O) groups excluding carboxylic acids is 4. The van der Waals surface area contributed by atoms with E-state index in [1.54, 1.807) is 0 Å². The molecule has 4 unspecified atom stereocenters. The maximum Gasteiger partial charge on any atom is 0.328 e. The number of aliphatic carboxylic acids is 1. The molecular weight excluding hydrogens is 362 g/mol. The monoisotopic (exact) mass is 387 g/mol. The van der Waals surface area contributed by atoms with E-state index in [0.29, 0.717) is 6.42 Å². The third kappa shape index (κ3) is 6.18. The molecule has 0 bridgehead atoms. The van der Waals surface area contributed by atoms with Gasteiger partial charge in [0, 0.05) is 6.54 Å². The van der Waals surface area contributed by atoms with Gasteiger partial charge in [0.05, 0.1) is 19.1 Å². The molecule has 4 amide bonds. The minimum Gasteiger partial charge on any atom is -0.480 e. The molecule has 1 aliphatic heterocycles. The highest BCUT2D eigenvalue weighted by molar-refractivity contribution is 5.96. The molecule has 8 N–H and O–H groups in total. The van der Waals surface area contributed by atoms with E-state index in [1.165, 1.54) is 6.92 Å². The van der Waals surface area contributed by atoms with Gasteiger partial charge in [-0.15, -0.1) is 0 Å². The number of nitrogens with one attached hydrogen (secondary N) is 2. The molecule has 1 heterocycles. The van der Waals surface area contributed by atoms with Gasteiger partial charge in [-0.2, -0.15) is 0 Å². The number of hydrogen-bond donors (Lipinski definition) is 6. The average Bonchev–Trinajstić information content (AvgIpc) is 3.06. The second-order valence-electron chi connectivity index (χ2n) is 6.29. The molecule has 0 aromatic carbocycles. The van der Waals surface area contributed by atoms with Crippen molar-refractivity contribution < 1.29 is 34.2 Å². The van der Waals surface area contributed by atoms with Crippen LogP contribution >= 0.6 is 0 Å². The lowest BCUT2D eigenvalue weighted by atomic mass is 10.1. The van der Waals surface area contributed by atoms with Crippen LogP contribution in [0.4, 0.5) is 0 Å². The van der Waals surface area contributed by atoms with E-state index in [9.17, 15) is 24.0 Å². The number of aliphatic hydroxyl groups is 1. The van der Waals surface area contributed by atoms with Crippen LogP contribution < -0.4 is 22.1 Å². The van der Waals surface area contributed by atoms with E-state index in [4.69, 9.17) is 21.7 Å². The van der Waals surface area contributed by atoms with Gasteiger partial charge in [0.2, 0.25) is 23.6 Å². The smallest absolute Gasteiger partial charge is 0.328 e. The fraction of sp³-hybridized carbons (Fsp3) is 0.667. The quantitative estimate of drug-likeness (QED) is 0.231. The zero-order chi connectivity index (χ0) is 20.7. The molecule has 1 aliphatic rings. The van der Waals surface area contributed by atoms with Crippen LogP contribution in [0.15, 0.2) is 0 Å². The fourth-order valence-corrected chi connectivity index (χ4v) is 2.66. The van der Waals surface area contributed by atoms with Gasteiger partial charge in [-0.25, -0.2) is 4.79 Å². The first-order valence-electron chi connectivity index (χ1n) is 8.37. The Morgan fingerprint density at radius 3 is 2.30 bits per heavy atom. The van der Waals surface area contributed by atoms with Crippen LogP contribution in [0.25, 0.3) is 0 Å². The fourth-order valence-electron chi connectivity index (χ4n) is 2.66. The predicted molar refractivity (Wildman–Crippen MR) is 90.8 cm³/mol. The highest BCUT2D eigenvalue weighted by atomic mass is 16.4. The Hall–Kier alpha value is -2.73. The molecule has 0 saturated carbocycles. The lowest BCUT2D eigenvalue weighted by molar-refractivity contribution is -0.146. The molecular formula is C15H25N5O7. The summed E-state index contributed by atoms with van der Waals surface area (Å²) in [5.41, 5.74) is 10.6. The van der Waals surface area contributed by atoms with Crippen molar-refractivity contribution in [3.8, 4) is 0 Å². The van der Waals surface area contributed by atoms with Crippen molar-refractivity contribution in [2.75, 3.05) is 13.2 Å². The Labute approximate surface area is 155 Å². The molecule has 0 radical (unpaired) electrons. The topological polar surface area (TPSA) is 205 Å². The highest BCUT2D eigenvalue weighted by Gasteiger charge is 2.39. The molecule has 27 heavy (non-hydrogen) atoms. The Kier molecular flexibility index (Phi) is 8.12.